The van der Waals surface area contributed by atoms with Crippen molar-refractivity contribution in [1.29, 1.82) is 0 Å². The summed E-state index contributed by atoms with van der Waals surface area (Å²) < 4.78 is 5.28. The molecule has 0 radical (unpaired) electrons. The molecule has 2 fully saturated rings. The minimum Gasteiger partial charge on any atom is -0.378 e. The second kappa shape index (κ2) is 8.44. The van der Waals surface area contributed by atoms with Gasteiger partial charge in [0, 0.05) is 48.7 Å². The van der Waals surface area contributed by atoms with Crippen LogP contribution >= 0.6 is 0 Å². The number of carbonyl (C=O) groups is 2. The molecule has 0 spiro atoms. The molecule has 2 aromatic rings. The Balaban J connectivity index is 1.37. The van der Waals surface area contributed by atoms with Gasteiger partial charge in [0.15, 0.2) is 0 Å². The Hall–Kier alpha value is -2.86. The summed E-state index contributed by atoms with van der Waals surface area (Å²) in [7, 11) is 0. The fraction of sp³-hybridized carbons (Fsp3) is 0.364. The molecule has 0 saturated carbocycles. The molecule has 28 heavy (non-hydrogen) atoms. The fourth-order valence-electron chi connectivity index (χ4n) is 3.65. The molecule has 0 aliphatic carbocycles. The van der Waals surface area contributed by atoms with Crippen LogP contribution in [0.1, 0.15) is 33.6 Å². The first kappa shape index (κ1) is 18.5. The van der Waals surface area contributed by atoms with Crippen LogP contribution in [0.4, 0.5) is 11.4 Å². The highest BCUT2D eigenvalue weighted by Gasteiger charge is 2.19. The van der Waals surface area contributed by atoms with E-state index in [1.165, 1.54) is 18.5 Å². The molecule has 2 saturated heterocycles. The highest BCUT2D eigenvalue weighted by atomic mass is 16.5. The Kier molecular flexibility index (Phi) is 5.58. The first-order valence-electron chi connectivity index (χ1n) is 9.84. The van der Waals surface area contributed by atoms with Gasteiger partial charge in [-0.2, -0.15) is 0 Å². The lowest BCUT2D eigenvalue weighted by atomic mass is 10.1. The molecule has 0 bridgehead atoms. The van der Waals surface area contributed by atoms with Gasteiger partial charge in [0.2, 0.25) is 0 Å². The summed E-state index contributed by atoms with van der Waals surface area (Å²) in [6.45, 7) is 4.55. The quantitative estimate of drug-likeness (QED) is 0.887. The van der Waals surface area contributed by atoms with E-state index >= 15 is 0 Å². The summed E-state index contributed by atoms with van der Waals surface area (Å²) in [5.74, 6) is -0.202. The van der Waals surface area contributed by atoms with Crippen molar-refractivity contribution in [2.75, 3.05) is 49.6 Å². The van der Waals surface area contributed by atoms with Gasteiger partial charge in [0.25, 0.3) is 11.8 Å². The normalized spacial score (nSPS) is 16.9. The summed E-state index contributed by atoms with van der Waals surface area (Å²) in [5.41, 5.74) is 3.08. The number of benzene rings is 2. The predicted octanol–water partition coefficient (Wildman–Crippen LogP) is 3.01. The first-order valence-corrected chi connectivity index (χ1v) is 9.84. The molecule has 0 aromatic heterocycles. The highest BCUT2D eigenvalue weighted by molar-refractivity contribution is 6.05. The first-order chi connectivity index (χ1) is 13.7. The van der Waals surface area contributed by atoms with Crippen LogP contribution in [0.15, 0.2) is 48.5 Å². The number of nitrogens with one attached hydrogen (secondary N) is 1. The Morgan fingerprint density at radius 3 is 2.04 bits per heavy atom. The molecule has 2 aromatic carbocycles. The van der Waals surface area contributed by atoms with Crippen molar-refractivity contribution in [2.45, 2.75) is 12.8 Å². The van der Waals surface area contributed by atoms with Crippen LogP contribution in [-0.2, 0) is 4.74 Å². The second-order valence-electron chi connectivity index (χ2n) is 7.18. The molecule has 0 atom stereocenters. The number of nitrogens with zero attached hydrogens (tertiary/aromatic N) is 2. The van der Waals surface area contributed by atoms with Crippen molar-refractivity contribution in [3.63, 3.8) is 0 Å². The van der Waals surface area contributed by atoms with E-state index in [9.17, 15) is 9.59 Å². The predicted molar refractivity (Wildman–Crippen MR) is 109 cm³/mol. The molecular weight excluding hydrogens is 354 g/mol. The maximum absolute atomic E-state index is 12.5. The fourth-order valence-corrected chi connectivity index (χ4v) is 3.65. The minimum atomic E-state index is -0.181. The number of anilines is 2. The molecule has 0 unspecified atom stereocenters. The van der Waals surface area contributed by atoms with E-state index in [4.69, 9.17) is 4.74 Å². The summed E-state index contributed by atoms with van der Waals surface area (Å²) in [4.78, 5) is 29.1. The Morgan fingerprint density at radius 1 is 0.786 bits per heavy atom. The highest BCUT2D eigenvalue weighted by Crippen LogP contribution is 2.22. The molecule has 2 amide bonds. The molecular formula is C22H25N3O3. The number of morpholine rings is 1. The topological polar surface area (TPSA) is 61.9 Å². The van der Waals surface area contributed by atoms with Crippen molar-refractivity contribution >= 4 is 23.2 Å². The number of rotatable bonds is 4. The van der Waals surface area contributed by atoms with Crippen LogP contribution in [0.2, 0.25) is 0 Å². The van der Waals surface area contributed by atoms with Crippen LogP contribution in [0.5, 0.6) is 0 Å². The third kappa shape index (κ3) is 4.17. The lowest BCUT2D eigenvalue weighted by Crippen LogP contribution is -2.40. The average molecular weight is 379 g/mol. The minimum absolute atomic E-state index is 0.0206. The number of ether oxygens (including phenoxy) is 1. The van der Waals surface area contributed by atoms with Crippen molar-refractivity contribution in [1.82, 2.24) is 4.90 Å². The third-order valence-corrected chi connectivity index (χ3v) is 5.29. The summed E-state index contributed by atoms with van der Waals surface area (Å²) in [5, 5.41) is 2.92. The van der Waals surface area contributed by atoms with E-state index in [0.29, 0.717) is 37.4 Å². The number of amides is 2. The molecule has 2 aliphatic rings. The van der Waals surface area contributed by atoms with Crippen LogP contribution in [0.3, 0.4) is 0 Å². The lowest BCUT2D eigenvalue weighted by Gasteiger charge is -2.26. The van der Waals surface area contributed by atoms with E-state index in [2.05, 4.69) is 10.2 Å². The monoisotopic (exact) mass is 379 g/mol. The van der Waals surface area contributed by atoms with E-state index in [-0.39, 0.29) is 11.8 Å². The van der Waals surface area contributed by atoms with Crippen LogP contribution < -0.4 is 10.2 Å². The Bertz CT molecular complexity index is 821. The molecule has 4 rings (SSSR count). The maximum Gasteiger partial charge on any atom is 0.255 e. The van der Waals surface area contributed by atoms with Gasteiger partial charge in [-0.3, -0.25) is 9.59 Å². The van der Waals surface area contributed by atoms with Crippen LogP contribution in [-0.4, -0.2) is 56.1 Å². The molecule has 2 heterocycles. The van der Waals surface area contributed by atoms with Crippen LogP contribution in [0, 0.1) is 0 Å². The third-order valence-electron chi connectivity index (χ3n) is 5.29. The Labute approximate surface area is 165 Å². The average Bonchev–Trinajstić information content (AvgIpc) is 3.29. The van der Waals surface area contributed by atoms with Crippen molar-refractivity contribution < 1.29 is 14.3 Å². The molecule has 2 aliphatic heterocycles. The van der Waals surface area contributed by atoms with Gasteiger partial charge in [-0.15, -0.1) is 0 Å². The number of hydrogen-bond acceptors (Lipinski definition) is 4. The van der Waals surface area contributed by atoms with Crippen molar-refractivity contribution in [3.8, 4) is 0 Å². The van der Waals surface area contributed by atoms with E-state index in [0.717, 1.165) is 18.8 Å². The largest absolute Gasteiger partial charge is 0.378 e. The van der Waals surface area contributed by atoms with Gasteiger partial charge in [-0.05, 0) is 61.4 Å². The lowest BCUT2D eigenvalue weighted by molar-refractivity contribution is 0.0303. The zero-order chi connectivity index (χ0) is 19.3. The van der Waals surface area contributed by atoms with Gasteiger partial charge in [0.1, 0.15) is 0 Å². The van der Waals surface area contributed by atoms with E-state index in [1.807, 2.05) is 24.3 Å². The Morgan fingerprint density at radius 2 is 1.39 bits per heavy atom. The standard InChI is InChI=1S/C22H25N3O3/c26-21(23-19-7-9-20(10-8-19)24-11-1-2-12-24)17-3-5-18(6-4-17)22(27)25-13-15-28-16-14-25/h3-10H,1-2,11-16H2,(H,23,26). The van der Waals surface area contributed by atoms with Crippen LogP contribution in [0.25, 0.3) is 0 Å². The zero-order valence-electron chi connectivity index (χ0n) is 15.9. The van der Waals surface area contributed by atoms with Gasteiger partial charge in [-0.1, -0.05) is 0 Å². The summed E-state index contributed by atoms with van der Waals surface area (Å²) in [6, 6.07) is 14.8. The molecule has 6 nitrogen and oxygen atoms in total. The summed E-state index contributed by atoms with van der Waals surface area (Å²) in [6.07, 6.45) is 2.48. The van der Waals surface area contributed by atoms with Gasteiger partial charge in [-0.25, -0.2) is 0 Å². The van der Waals surface area contributed by atoms with E-state index in [1.54, 1.807) is 29.2 Å². The number of carbonyl (C=O) groups excluding carboxylic acids is 2. The second-order valence-corrected chi connectivity index (χ2v) is 7.18. The van der Waals surface area contributed by atoms with Gasteiger partial charge in [0.05, 0.1) is 13.2 Å². The van der Waals surface area contributed by atoms with E-state index < -0.39 is 0 Å². The zero-order valence-corrected chi connectivity index (χ0v) is 15.9. The molecule has 6 heteroatoms. The molecule has 1 N–H and O–H groups in total. The SMILES string of the molecule is O=C(Nc1ccc(N2CCCC2)cc1)c1ccc(C(=O)N2CCOCC2)cc1. The number of hydrogen-bond donors (Lipinski definition) is 1. The van der Waals surface area contributed by atoms with Gasteiger partial charge < -0.3 is 19.9 Å². The van der Waals surface area contributed by atoms with Gasteiger partial charge >= 0.3 is 0 Å². The molecule has 146 valence electrons. The van der Waals surface area contributed by atoms with Crippen molar-refractivity contribution in [3.05, 3.63) is 59.7 Å². The smallest absolute Gasteiger partial charge is 0.255 e. The van der Waals surface area contributed by atoms with Crippen molar-refractivity contribution in [2.24, 2.45) is 0 Å². The maximum atomic E-state index is 12.5. The summed E-state index contributed by atoms with van der Waals surface area (Å²) >= 11 is 0.